The first-order chi connectivity index (χ1) is 6.99. The van der Waals surface area contributed by atoms with Crippen LogP contribution in [-0.2, 0) is 13.3 Å². The summed E-state index contributed by atoms with van der Waals surface area (Å²) in [6.45, 7) is 8.95. The van der Waals surface area contributed by atoms with Gasteiger partial charge in [-0.15, -0.1) is 0 Å². The fourth-order valence-corrected chi connectivity index (χ4v) is 4.67. The van der Waals surface area contributed by atoms with Crippen LogP contribution in [-0.4, -0.2) is 32.6 Å². The summed E-state index contributed by atoms with van der Waals surface area (Å²) in [7, 11) is -2.99. The van der Waals surface area contributed by atoms with E-state index in [1.165, 1.54) is 0 Å². The molecule has 15 heavy (non-hydrogen) atoms. The Labute approximate surface area is 103 Å². The molecule has 0 amide bonds. The van der Waals surface area contributed by atoms with E-state index in [9.17, 15) is 0 Å². The van der Waals surface area contributed by atoms with Gasteiger partial charge in [0.1, 0.15) is 0 Å². The predicted molar refractivity (Wildman–Crippen MR) is 65.4 cm³/mol. The maximum Gasteiger partial charge on any atom is 0.538 e. The second-order valence-electron chi connectivity index (χ2n) is 2.91. The minimum absolute atomic E-state index is 0.480. The number of hydrogen-bond donors (Lipinski definition) is 0. The molecule has 0 aromatic heterocycles. The first-order valence-electron chi connectivity index (χ1n) is 5.29. The third kappa shape index (κ3) is 3.87. The molecular weight excluding hydrogens is 255 g/mol. The third-order valence-corrected chi connectivity index (χ3v) is 7.07. The summed E-state index contributed by atoms with van der Waals surface area (Å²) in [4.78, 5) is 0. The summed E-state index contributed by atoms with van der Waals surface area (Å²) in [5.41, 5.74) is 0. The highest BCUT2D eigenvalue weighted by Gasteiger charge is 2.59. The van der Waals surface area contributed by atoms with E-state index in [-0.39, 0.29) is 0 Å². The first-order valence-corrected chi connectivity index (χ1v) is 7.77. The van der Waals surface area contributed by atoms with Gasteiger partial charge in [-0.3, -0.25) is 0 Å². The molecule has 0 rings (SSSR count). The quantitative estimate of drug-likeness (QED) is 0.503. The van der Waals surface area contributed by atoms with Gasteiger partial charge in [0.25, 0.3) is 0 Å². The fourth-order valence-electron chi connectivity index (χ4n) is 1.23. The van der Waals surface area contributed by atoms with Crippen molar-refractivity contribution in [3.05, 3.63) is 0 Å². The molecule has 0 saturated carbocycles. The Bertz CT molecular complexity index is 162. The van der Waals surface area contributed by atoms with Crippen molar-refractivity contribution < 1.29 is 13.3 Å². The molecule has 3 nitrogen and oxygen atoms in total. The van der Waals surface area contributed by atoms with Crippen LogP contribution < -0.4 is 0 Å². The molecule has 0 heterocycles. The summed E-state index contributed by atoms with van der Waals surface area (Å²) in [6.07, 6.45) is 0.530. The largest absolute Gasteiger partial charge is 0.538 e. The molecule has 0 fully saturated rings. The Balaban J connectivity index is 4.90. The molecule has 0 atom stereocenters. The number of rotatable bonds is 8. The highest BCUT2D eigenvalue weighted by Crippen LogP contribution is 2.38. The van der Waals surface area contributed by atoms with Gasteiger partial charge < -0.3 is 13.3 Å². The predicted octanol–water partition coefficient (Wildman–Crippen LogP) is 3.16. The molecule has 92 valence electrons. The molecular formula is C9H20Cl2O3Si. The van der Waals surface area contributed by atoms with Crippen LogP contribution in [0.25, 0.3) is 0 Å². The topological polar surface area (TPSA) is 27.7 Å². The van der Waals surface area contributed by atoms with Crippen LogP contribution >= 0.6 is 23.2 Å². The first kappa shape index (κ1) is 15.7. The lowest BCUT2D eigenvalue weighted by Gasteiger charge is -2.36. The maximum atomic E-state index is 6.23. The van der Waals surface area contributed by atoms with Gasteiger partial charge >= 0.3 is 8.80 Å². The highest BCUT2D eigenvalue weighted by atomic mass is 35.5. The second-order valence-corrected chi connectivity index (χ2v) is 7.86. The van der Waals surface area contributed by atoms with Crippen molar-refractivity contribution in [1.82, 2.24) is 0 Å². The van der Waals surface area contributed by atoms with E-state index < -0.39 is 12.8 Å². The van der Waals surface area contributed by atoms with Crippen LogP contribution in [0.15, 0.2) is 0 Å². The molecule has 0 saturated heterocycles. The zero-order chi connectivity index (χ0) is 11.9. The Morgan fingerprint density at radius 1 is 0.867 bits per heavy atom. The van der Waals surface area contributed by atoms with Gasteiger partial charge in [0.15, 0.2) is 3.96 Å². The van der Waals surface area contributed by atoms with Crippen molar-refractivity contribution in [3.8, 4) is 0 Å². The van der Waals surface area contributed by atoms with Gasteiger partial charge in [-0.1, -0.05) is 30.1 Å². The fraction of sp³-hybridized carbons (Fsp3) is 1.00. The molecule has 0 aliphatic heterocycles. The molecule has 0 aliphatic rings. The smallest absolute Gasteiger partial charge is 0.372 e. The molecule has 6 heteroatoms. The average Bonchev–Trinajstić information content (AvgIpc) is 2.18. The van der Waals surface area contributed by atoms with Gasteiger partial charge in [0, 0.05) is 19.8 Å². The van der Waals surface area contributed by atoms with E-state index in [0.717, 1.165) is 0 Å². The van der Waals surface area contributed by atoms with Crippen molar-refractivity contribution in [2.24, 2.45) is 0 Å². The molecule has 0 aliphatic carbocycles. The van der Waals surface area contributed by atoms with Crippen LogP contribution in [0.4, 0.5) is 0 Å². The molecule has 0 aromatic carbocycles. The third-order valence-electron chi connectivity index (χ3n) is 1.90. The lowest BCUT2D eigenvalue weighted by molar-refractivity contribution is 0.0647. The monoisotopic (exact) mass is 274 g/mol. The number of halogens is 2. The molecule has 0 N–H and O–H groups in total. The van der Waals surface area contributed by atoms with E-state index in [0.29, 0.717) is 26.2 Å². The minimum Gasteiger partial charge on any atom is -0.372 e. The van der Waals surface area contributed by atoms with Gasteiger partial charge in [-0.05, 0) is 27.2 Å². The summed E-state index contributed by atoms with van der Waals surface area (Å²) >= 11 is 12.5. The minimum atomic E-state index is -2.99. The van der Waals surface area contributed by atoms with E-state index in [2.05, 4.69) is 0 Å². The van der Waals surface area contributed by atoms with E-state index >= 15 is 0 Å². The normalized spacial score (nSPS) is 13.2. The Kier molecular flexibility index (Phi) is 7.41. The Morgan fingerprint density at radius 3 is 1.40 bits per heavy atom. The maximum absolute atomic E-state index is 6.23. The van der Waals surface area contributed by atoms with Gasteiger partial charge in [0.2, 0.25) is 0 Å². The Morgan fingerprint density at radius 2 is 1.20 bits per heavy atom. The summed E-state index contributed by atoms with van der Waals surface area (Å²) in [6, 6.07) is 0. The van der Waals surface area contributed by atoms with Gasteiger partial charge in [-0.2, -0.15) is 0 Å². The van der Waals surface area contributed by atoms with Crippen molar-refractivity contribution in [2.45, 2.75) is 38.1 Å². The molecule has 0 spiro atoms. The van der Waals surface area contributed by atoms with Crippen LogP contribution in [0.3, 0.4) is 0 Å². The SMILES string of the molecule is CCO[Si](OCC)(OCC)C(Cl)(Cl)CC. The standard InChI is InChI=1S/C9H20Cl2O3Si/c1-5-9(10,11)15(12-6-2,13-7-3)14-8-4/h5-8H2,1-4H3. The van der Waals surface area contributed by atoms with Crippen molar-refractivity contribution >= 4 is 32.0 Å². The molecule has 0 bridgehead atoms. The average molecular weight is 275 g/mol. The summed E-state index contributed by atoms with van der Waals surface area (Å²) < 4.78 is 15.7. The van der Waals surface area contributed by atoms with Crippen LogP contribution in [0.2, 0.25) is 0 Å². The zero-order valence-corrected chi connectivity index (χ0v) is 12.3. The highest BCUT2D eigenvalue weighted by molar-refractivity contribution is 6.85. The zero-order valence-electron chi connectivity index (χ0n) is 9.81. The molecule has 0 aromatic rings. The van der Waals surface area contributed by atoms with E-state index in [1.54, 1.807) is 0 Å². The molecule has 0 radical (unpaired) electrons. The number of hydrogen-bond acceptors (Lipinski definition) is 3. The number of alkyl halides is 2. The van der Waals surface area contributed by atoms with E-state index in [1.807, 2.05) is 27.7 Å². The summed E-state index contributed by atoms with van der Waals surface area (Å²) in [5, 5.41) is 0. The summed E-state index contributed by atoms with van der Waals surface area (Å²) in [5.74, 6) is 0. The second kappa shape index (κ2) is 7.09. The van der Waals surface area contributed by atoms with Crippen molar-refractivity contribution in [2.75, 3.05) is 19.8 Å². The van der Waals surface area contributed by atoms with Crippen LogP contribution in [0.5, 0.6) is 0 Å². The van der Waals surface area contributed by atoms with Crippen LogP contribution in [0, 0.1) is 0 Å². The lowest BCUT2D eigenvalue weighted by Crippen LogP contribution is -2.59. The van der Waals surface area contributed by atoms with E-state index in [4.69, 9.17) is 36.5 Å². The van der Waals surface area contributed by atoms with Crippen molar-refractivity contribution in [3.63, 3.8) is 0 Å². The molecule has 0 unspecified atom stereocenters. The van der Waals surface area contributed by atoms with Gasteiger partial charge in [-0.25, -0.2) is 0 Å². The lowest BCUT2D eigenvalue weighted by atomic mass is 10.6. The van der Waals surface area contributed by atoms with Crippen LogP contribution in [0.1, 0.15) is 34.1 Å². The van der Waals surface area contributed by atoms with Gasteiger partial charge in [0.05, 0.1) is 0 Å². The Hall–Kier alpha value is 0.677. The van der Waals surface area contributed by atoms with Crippen molar-refractivity contribution in [1.29, 1.82) is 0 Å².